The SMILES string of the molecule is COc1ccc(OCc2ccccc2C(C)(C)C#N)c(C(N)=O)c1. The van der Waals surface area contributed by atoms with E-state index in [2.05, 4.69) is 6.07 Å². The molecular weight excluding hydrogens is 304 g/mol. The number of primary amides is 1. The van der Waals surface area contributed by atoms with Gasteiger partial charge in [0, 0.05) is 0 Å². The van der Waals surface area contributed by atoms with Crippen molar-refractivity contribution < 1.29 is 14.3 Å². The van der Waals surface area contributed by atoms with Gasteiger partial charge in [-0.2, -0.15) is 5.26 Å². The van der Waals surface area contributed by atoms with Crippen LogP contribution in [0.15, 0.2) is 42.5 Å². The van der Waals surface area contributed by atoms with Gasteiger partial charge >= 0.3 is 0 Å². The smallest absolute Gasteiger partial charge is 0.252 e. The Bertz CT molecular complexity index is 791. The Morgan fingerprint density at radius 1 is 1.25 bits per heavy atom. The van der Waals surface area contributed by atoms with Crippen molar-refractivity contribution in [2.24, 2.45) is 5.73 Å². The van der Waals surface area contributed by atoms with Crippen LogP contribution in [-0.4, -0.2) is 13.0 Å². The van der Waals surface area contributed by atoms with Gasteiger partial charge in [-0.1, -0.05) is 24.3 Å². The molecule has 0 aliphatic carbocycles. The van der Waals surface area contributed by atoms with E-state index >= 15 is 0 Å². The first-order valence-corrected chi connectivity index (χ1v) is 7.49. The minimum Gasteiger partial charge on any atom is -0.497 e. The van der Waals surface area contributed by atoms with Gasteiger partial charge in [-0.05, 0) is 43.2 Å². The molecule has 0 aliphatic heterocycles. The van der Waals surface area contributed by atoms with Crippen LogP contribution >= 0.6 is 0 Å². The standard InChI is InChI=1S/C19H20N2O3/c1-19(2,12-20)16-7-5-4-6-13(16)11-24-17-9-8-14(23-3)10-15(17)18(21)22/h4-10H,11H2,1-3H3,(H2,21,22). The van der Waals surface area contributed by atoms with Crippen LogP contribution in [-0.2, 0) is 12.0 Å². The number of nitrogens with zero attached hydrogens (tertiary/aromatic N) is 1. The molecule has 0 saturated carbocycles. The quantitative estimate of drug-likeness (QED) is 0.884. The average Bonchev–Trinajstić information content (AvgIpc) is 2.59. The molecule has 0 radical (unpaired) electrons. The molecule has 0 heterocycles. The Balaban J connectivity index is 2.30. The summed E-state index contributed by atoms with van der Waals surface area (Å²) in [5, 5.41) is 9.37. The number of carbonyl (C=O) groups is 1. The van der Waals surface area contributed by atoms with Gasteiger partial charge in [0.25, 0.3) is 5.91 Å². The summed E-state index contributed by atoms with van der Waals surface area (Å²) in [6.45, 7) is 3.94. The van der Waals surface area contributed by atoms with Crippen LogP contribution in [0.1, 0.15) is 35.3 Å². The summed E-state index contributed by atoms with van der Waals surface area (Å²) in [5.74, 6) is 0.324. The molecular formula is C19H20N2O3. The van der Waals surface area contributed by atoms with Crippen LogP contribution in [0.3, 0.4) is 0 Å². The third-order valence-corrected chi connectivity index (χ3v) is 3.81. The molecule has 2 aromatic rings. The summed E-state index contributed by atoms with van der Waals surface area (Å²) in [4.78, 5) is 11.6. The summed E-state index contributed by atoms with van der Waals surface area (Å²) in [5.41, 5.74) is 6.81. The van der Waals surface area contributed by atoms with Gasteiger partial charge in [-0.3, -0.25) is 4.79 Å². The molecule has 1 amide bonds. The average molecular weight is 324 g/mol. The molecule has 2 rings (SSSR count). The molecule has 0 atom stereocenters. The Labute approximate surface area is 141 Å². The number of rotatable bonds is 6. The summed E-state index contributed by atoms with van der Waals surface area (Å²) >= 11 is 0. The van der Waals surface area contributed by atoms with E-state index in [1.165, 1.54) is 7.11 Å². The maximum Gasteiger partial charge on any atom is 0.252 e. The largest absolute Gasteiger partial charge is 0.497 e. The van der Waals surface area contributed by atoms with Crippen molar-refractivity contribution in [1.29, 1.82) is 5.26 Å². The monoisotopic (exact) mass is 324 g/mol. The Kier molecular flexibility index (Phi) is 5.10. The third kappa shape index (κ3) is 3.66. The molecule has 0 bridgehead atoms. The summed E-state index contributed by atoms with van der Waals surface area (Å²) < 4.78 is 10.9. The topological polar surface area (TPSA) is 85.3 Å². The molecule has 24 heavy (non-hydrogen) atoms. The fraction of sp³-hybridized carbons (Fsp3) is 0.263. The number of nitriles is 1. The van der Waals surface area contributed by atoms with Crippen molar-refractivity contribution in [2.75, 3.05) is 7.11 Å². The summed E-state index contributed by atoms with van der Waals surface area (Å²) in [6, 6.07) is 14.8. The van der Waals surface area contributed by atoms with E-state index < -0.39 is 11.3 Å². The minimum absolute atomic E-state index is 0.230. The second-order valence-corrected chi connectivity index (χ2v) is 5.91. The molecule has 0 spiro atoms. The lowest BCUT2D eigenvalue weighted by Crippen LogP contribution is -2.18. The van der Waals surface area contributed by atoms with Crippen LogP contribution in [0.4, 0.5) is 0 Å². The molecule has 124 valence electrons. The molecule has 0 unspecified atom stereocenters. The van der Waals surface area contributed by atoms with Crippen LogP contribution in [0, 0.1) is 11.3 Å². The van der Waals surface area contributed by atoms with Crippen LogP contribution in [0.2, 0.25) is 0 Å². The van der Waals surface area contributed by atoms with E-state index in [1.807, 2.05) is 38.1 Å². The molecule has 0 saturated heterocycles. The van der Waals surface area contributed by atoms with Crippen molar-refractivity contribution in [2.45, 2.75) is 25.9 Å². The van der Waals surface area contributed by atoms with E-state index in [4.69, 9.17) is 15.2 Å². The van der Waals surface area contributed by atoms with Gasteiger partial charge in [0.2, 0.25) is 0 Å². The second kappa shape index (κ2) is 7.05. The van der Waals surface area contributed by atoms with Crippen molar-refractivity contribution >= 4 is 5.91 Å². The molecule has 0 aliphatic rings. The number of carbonyl (C=O) groups excluding carboxylic acids is 1. The lowest BCUT2D eigenvalue weighted by atomic mass is 9.83. The molecule has 5 nitrogen and oxygen atoms in total. The van der Waals surface area contributed by atoms with Gasteiger partial charge in [-0.25, -0.2) is 0 Å². The zero-order valence-corrected chi connectivity index (χ0v) is 14.0. The van der Waals surface area contributed by atoms with Gasteiger partial charge in [-0.15, -0.1) is 0 Å². The number of hydrogen-bond acceptors (Lipinski definition) is 4. The zero-order chi connectivity index (χ0) is 17.7. The van der Waals surface area contributed by atoms with Gasteiger partial charge in [0.05, 0.1) is 24.2 Å². The van der Waals surface area contributed by atoms with Crippen molar-refractivity contribution in [1.82, 2.24) is 0 Å². The highest BCUT2D eigenvalue weighted by Gasteiger charge is 2.23. The predicted molar refractivity (Wildman–Crippen MR) is 90.9 cm³/mol. The second-order valence-electron chi connectivity index (χ2n) is 5.91. The normalized spacial score (nSPS) is 10.8. The number of amides is 1. The van der Waals surface area contributed by atoms with Gasteiger partial charge in [0.15, 0.2) is 0 Å². The van der Waals surface area contributed by atoms with Crippen LogP contribution in [0.25, 0.3) is 0 Å². The fourth-order valence-corrected chi connectivity index (χ4v) is 2.43. The fourth-order valence-electron chi connectivity index (χ4n) is 2.43. The molecule has 2 N–H and O–H groups in total. The number of ether oxygens (including phenoxy) is 2. The first-order valence-electron chi connectivity index (χ1n) is 7.49. The van der Waals surface area contributed by atoms with E-state index in [0.29, 0.717) is 11.5 Å². The Morgan fingerprint density at radius 2 is 1.96 bits per heavy atom. The van der Waals surface area contributed by atoms with Crippen molar-refractivity contribution in [3.63, 3.8) is 0 Å². The lowest BCUT2D eigenvalue weighted by molar-refractivity contribution is 0.0995. The summed E-state index contributed by atoms with van der Waals surface area (Å²) in [6.07, 6.45) is 0. The maximum absolute atomic E-state index is 11.6. The first-order chi connectivity index (χ1) is 11.4. The predicted octanol–water partition coefficient (Wildman–Crippen LogP) is 3.17. The minimum atomic E-state index is -0.633. The molecule has 0 aromatic heterocycles. The number of hydrogen-bond donors (Lipinski definition) is 1. The number of nitrogens with two attached hydrogens (primary N) is 1. The third-order valence-electron chi connectivity index (χ3n) is 3.81. The highest BCUT2D eigenvalue weighted by Crippen LogP contribution is 2.28. The highest BCUT2D eigenvalue weighted by molar-refractivity contribution is 5.96. The van der Waals surface area contributed by atoms with Crippen LogP contribution < -0.4 is 15.2 Å². The summed E-state index contributed by atoms with van der Waals surface area (Å²) in [7, 11) is 1.51. The van der Waals surface area contributed by atoms with Crippen molar-refractivity contribution in [3.05, 3.63) is 59.2 Å². The molecule has 2 aromatic carbocycles. The van der Waals surface area contributed by atoms with E-state index in [0.717, 1.165) is 11.1 Å². The Morgan fingerprint density at radius 3 is 2.58 bits per heavy atom. The van der Waals surface area contributed by atoms with E-state index in [-0.39, 0.29) is 12.2 Å². The van der Waals surface area contributed by atoms with Gasteiger partial charge < -0.3 is 15.2 Å². The van der Waals surface area contributed by atoms with Gasteiger partial charge in [0.1, 0.15) is 18.1 Å². The molecule has 0 fully saturated rings. The van der Waals surface area contributed by atoms with E-state index in [9.17, 15) is 10.1 Å². The highest BCUT2D eigenvalue weighted by atomic mass is 16.5. The number of benzene rings is 2. The number of methoxy groups -OCH3 is 1. The molecule has 5 heteroatoms. The Hall–Kier alpha value is -3.00. The zero-order valence-electron chi connectivity index (χ0n) is 14.0. The first kappa shape index (κ1) is 17.4. The van der Waals surface area contributed by atoms with Crippen molar-refractivity contribution in [3.8, 4) is 17.6 Å². The lowest BCUT2D eigenvalue weighted by Gasteiger charge is -2.20. The van der Waals surface area contributed by atoms with Crippen LogP contribution in [0.5, 0.6) is 11.5 Å². The maximum atomic E-state index is 11.6. The van der Waals surface area contributed by atoms with E-state index in [1.54, 1.807) is 18.2 Å².